The molecule has 1 unspecified atom stereocenters. The Morgan fingerprint density at radius 2 is 2.19 bits per heavy atom. The Bertz CT molecular complexity index is 526. The third kappa shape index (κ3) is 2.70. The first-order valence-corrected chi connectivity index (χ1v) is 7.55. The Morgan fingerprint density at radius 1 is 1.43 bits per heavy atom. The topological polar surface area (TPSA) is 53.6 Å². The van der Waals surface area contributed by atoms with E-state index in [0.717, 1.165) is 24.3 Å². The van der Waals surface area contributed by atoms with Crippen LogP contribution in [0.1, 0.15) is 19.3 Å². The lowest BCUT2D eigenvalue weighted by atomic mass is 9.75. The quantitative estimate of drug-likeness (QED) is 0.881. The molecular formula is C16H23N3O2. The van der Waals surface area contributed by atoms with E-state index in [9.17, 15) is 4.79 Å². The molecule has 1 aliphatic carbocycles. The Morgan fingerprint density at radius 3 is 2.86 bits per heavy atom. The number of amides is 1. The van der Waals surface area contributed by atoms with Gasteiger partial charge in [0, 0.05) is 12.1 Å². The number of rotatable bonds is 4. The van der Waals surface area contributed by atoms with E-state index >= 15 is 0 Å². The molecule has 1 fully saturated rings. The highest BCUT2D eigenvalue weighted by molar-refractivity contribution is 5.83. The summed E-state index contributed by atoms with van der Waals surface area (Å²) in [5, 5.41) is 6.31. The molecule has 0 bridgehead atoms. The van der Waals surface area contributed by atoms with Crippen molar-refractivity contribution >= 4 is 11.6 Å². The zero-order valence-electron chi connectivity index (χ0n) is 12.7. The maximum Gasteiger partial charge on any atom is 0.263 e. The second-order valence-electron chi connectivity index (χ2n) is 6.17. The predicted octanol–water partition coefficient (Wildman–Crippen LogP) is 1.46. The van der Waals surface area contributed by atoms with E-state index in [-0.39, 0.29) is 11.4 Å². The van der Waals surface area contributed by atoms with Crippen LogP contribution < -0.4 is 15.4 Å². The number of carbonyl (C=O) groups excluding carboxylic acids is 1. The fraction of sp³-hybridized carbons (Fsp3) is 0.562. The van der Waals surface area contributed by atoms with Gasteiger partial charge in [-0.3, -0.25) is 4.79 Å². The molecule has 0 radical (unpaired) electrons. The molecule has 1 aliphatic heterocycles. The molecule has 0 aromatic heterocycles. The Kier molecular flexibility index (Phi) is 3.76. The van der Waals surface area contributed by atoms with E-state index in [1.165, 1.54) is 6.42 Å². The van der Waals surface area contributed by atoms with Crippen LogP contribution in [-0.4, -0.2) is 49.6 Å². The van der Waals surface area contributed by atoms with Crippen molar-refractivity contribution in [3.05, 3.63) is 24.3 Å². The monoisotopic (exact) mass is 289 g/mol. The van der Waals surface area contributed by atoms with Crippen molar-refractivity contribution in [2.45, 2.75) is 30.9 Å². The van der Waals surface area contributed by atoms with Crippen LogP contribution in [0.15, 0.2) is 24.3 Å². The number of nitrogens with one attached hydrogen (secondary N) is 2. The lowest BCUT2D eigenvalue weighted by Gasteiger charge is -2.47. The fourth-order valence-corrected chi connectivity index (χ4v) is 2.99. The first-order chi connectivity index (χ1) is 10.1. The molecule has 1 amide bonds. The van der Waals surface area contributed by atoms with Gasteiger partial charge >= 0.3 is 0 Å². The van der Waals surface area contributed by atoms with Crippen molar-refractivity contribution in [1.29, 1.82) is 0 Å². The normalized spacial score (nSPS) is 22.5. The van der Waals surface area contributed by atoms with Crippen LogP contribution in [0.25, 0.3) is 0 Å². The molecule has 5 nitrogen and oxygen atoms in total. The van der Waals surface area contributed by atoms with E-state index in [1.807, 2.05) is 24.3 Å². The molecule has 114 valence electrons. The van der Waals surface area contributed by atoms with Gasteiger partial charge in [0.05, 0.1) is 12.2 Å². The van der Waals surface area contributed by atoms with Crippen LogP contribution in [0.3, 0.4) is 0 Å². The van der Waals surface area contributed by atoms with Crippen molar-refractivity contribution in [3.8, 4) is 5.75 Å². The molecule has 0 saturated heterocycles. The summed E-state index contributed by atoms with van der Waals surface area (Å²) in [5.74, 6) is 0.708. The maximum absolute atomic E-state index is 12.3. The Hall–Kier alpha value is -1.75. The molecule has 3 rings (SSSR count). The van der Waals surface area contributed by atoms with Gasteiger partial charge in [-0.25, -0.2) is 0 Å². The highest BCUT2D eigenvalue weighted by atomic mass is 16.5. The van der Waals surface area contributed by atoms with Gasteiger partial charge in [0.15, 0.2) is 6.10 Å². The number of hydrogen-bond donors (Lipinski definition) is 2. The summed E-state index contributed by atoms with van der Waals surface area (Å²) >= 11 is 0. The molecule has 1 aromatic carbocycles. The number of anilines is 1. The van der Waals surface area contributed by atoms with Gasteiger partial charge in [0.25, 0.3) is 5.91 Å². The molecular weight excluding hydrogens is 266 g/mol. The zero-order valence-corrected chi connectivity index (χ0v) is 12.7. The number of ether oxygens (including phenoxy) is 1. The summed E-state index contributed by atoms with van der Waals surface area (Å²) < 4.78 is 5.78. The van der Waals surface area contributed by atoms with Crippen LogP contribution in [0, 0.1) is 0 Å². The maximum atomic E-state index is 12.3. The second-order valence-corrected chi connectivity index (χ2v) is 6.17. The van der Waals surface area contributed by atoms with Crippen molar-refractivity contribution in [3.63, 3.8) is 0 Å². The summed E-state index contributed by atoms with van der Waals surface area (Å²) in [6, 6.07) is 7.71. The van der Waals surface area contributed by atoms with Gasteiger partial charge in [0.2, 0.25) is 0 Å². The van der Waals surface area contributed by atoms with Crippen LogP contribution in [0.5, 0.6) is 5.75 Å². The largest absolute Gasteiger partial charge is 0.477 e. The molecule has 1 saturated carbocycles. The SMILES string of the molecule is CN(C)C1(CNC(=O)C2CNc3ccccc3O2)CCC1. The Labute approximate surface area is 125 Å². The summed E-state index contributed by atoms with van der Waals surface area (Å²) in [5.41, 5.74) is 1.08. The third-order valence-electron chi connectivity index (χ3n) is 4.75. The average molecular weight is 289 g/mol. The molecule has 5 heteroatoms. The first kappa shape index (κ1) is 14.2. The standard InChI is InChI=1S/C16H23N3O2/c1-19(2)16(8-5-9-16)11-18-15(20)14-10-17-12-6-3-4-7-13(12)21-14/h3-4,6-7,14,17H,5,8-11H2,1-2H3,(H,18,20). The van der Waals surface area contributed by atoms with E-state index in [0.29, 0.717) is 13.1 Å². The zero-order chi connectivity index (χ0) is 14.9. The number of nitrogens with zero attached hydrogens (tertiary/aromatic N) is 1. The number of benzene rings is 1. The highest BCUT2D eigenvalue weighted by Crippen LogP contribution is 2.35. The molecule has 1 heterocycles. The smallest absolute Gasteiger partial charge is 0.263 e. The minimum Gasteiger partial charge on any atom is -0.477 e. The lowest BCUT2D eigenvalue weighted by Crippen LogP contribution is -2.59. The van der Waals surface area contributed by atoms with Gasteiger partial charge in [-0.15, -0.1) is 0 Å². The van der Waals surface area contributed by atoms with Crippen molar-refractivity contribution < 1.29 is 9.53 Å². The number of para-hydroxylation sites is 2. The molecule has 2 N–H and O–H groups in total. The van der Waals surface area contributed by atoms with E-state index in [1.54, 1.807) is 0 Å². The van der Waals surface area contributed by atoms with Crippen LogP contribution in [0.4, 0.5) is 5.69 Å². The van der Waals surface area contributed by atoms with Crippen LogP contribution in [-0.2, 0) is 4.79 Å². The van der Waals surface area contributed by atoms with Crippen molar-refractivity contribution in [2.24, 2.45) is 0 Å². The highest BCUT2D eigenvalue weighted by Gasteiger charge is 2.39. The predicted molar refractivity (Wildman–Crippen MR) is 82.6 cm³/mol. The second kappa shape index (κ2) is 5.56. The summed E-state index contributed by atoms with van der Waals surface area (Å²) in [4.78, 5) is 14.6. The average Bonchev–Trinajstić information content (AvgIpc) is 2.45. The van der Waals surface area contributed by atoms with Crippen molar-refractivity contribution in [1.82, 2.24) is 10.2 Å². The van der Waals surface area contributed by atoms with E-state index in [4.69, 9.17) is 4.74 Å². The van der Waals surface area contributed by atoms with Gasteiger partial charge in [0.1, 0.15) is 5.75 Å². The molecule has 0 spiro atoms. The van der Waals surface area contributed by atoms with Gasteiger partial charge in [-0.2, -0.15) is 0 Å². The fourth-order valence-electron chi connectivity index (χ4n) is 2.99. The number of carbonyl (C=O) groups is 1. The summed E-state index contributed by atoms with van der Waals surface area (Å²) in [6.07, 6.45) is 3.07. The molecule has 21 heavy (non-hydrogen) atoms. The van der Waals surface area contributed by atoms with E-state index < -0.39 is 6.10 Å². The number of hydrogen-bond acceptors (Lipinski definition) is 4. The minimum atomic E-state index is -0.459. The van der Waals surface area contributed by atoms with Gasteiger partial charge in [-0.1, -0.05) is 12.1 Å². The number of fused-ring (bicyclic) bond motifs is 1. The van der Waals surface area contributed by atoms with Gasteiger partial charge in [-0.05, 0) is 45.5 Å². The van der Waals surface area contributed by atoms with Crippen LogP contribution >= 0.6 is 0 Å². The van der Waals surface area contributed by atoms with E-state index in [2.05, 4.69) is 29.6 Å². The minimum absolute atomic E-state index is 0.0369. The molecule has 1 aromatic rings. The third-order valence-corrected chi connectivity index (χ3v) is 4.75. The Balaban J connectivity index is 1.57. The van der Waals surface area contributed by atoms with Crippen molar-refractivity contribution in [2.75, 3.05) is 32.5 Å². The lowest BCUT2D eigenvalue weighted by molar-refractivity contribution is -0.128. The van der Waals surface area contributed by atoms with Gasteiger partial charge < -0.3 is 20.3 Å². The molecule has 2 aliphatic rings. The molecule has 1 atom stereocenters. The summed E-state index contributed by atoms with van der Waals surface area (Å²) in [7, 11) is 4.17. The summed E-state index contributed by atoms with van der Waals surface area (Å²) in [6.45, 7) is 1.21. The first-order valence-electron chi connectivity index (χ1n) is 7.55. The van der Waals surface area contributed by atoms with Crippen LogP contribution in [0.2, 0.25) is 0 Å². The number of likely N-dealkylation sites (N-methyl/N-ethyl adjacent to an activating group) is 1.